The molecule has 0 radical (unpaired) electrons. The van der Waals surface area contributed by atoms with Gasteiger partial charge in [0.15, 0.2) is 9.84 Å². The number of benzene rings is 2. The van der Waals surface area contributed by atoms with E-state index in [1.807, 2.05) is 30.3 Å². The Morgan fingerprint density at radius 1 is 1.15 bits per heavy atom. The van der Waals surface area contributed by atoms with Crippen molar-refractivity contribution in [2.24, 2.45) is 0 Å². The van der Waals surface area contributed by atoms with Crippen LogP contribution >= 0.6 is 23.2 Å². The Bertz CT molecular complexity index is 958. The number of sulfone groups is 1. The molecule has 1 aliphatic heterocycles. The predicted molar refractivity (Wildman–Crippen MR) is 110 cm³/mol. The third-order valence-corrected chi connectivity index (χ3v) is 6.84. The second kappa shape index (κ2) is 8.46. The number of hydrogen-bond acceptors (Lipinski definition) is 3. The van der Waals surface area contributed by atoms with Crippen LogP contribution in [0.2, 0.25) is 10.0 Å². The monoisotopic (exact) mass is 423 g/mol. The fourth-order valence-electron chi connectivity index (χ4n) is 3.07. The van der Waals surface area contributed by atoms with E-state index in [0.29, 0.717) is 16.5 Å². The third-order valence-electron chi connectivity index (χ3n) is 4.51. The summed E-state index contributed by atoms with van der Waals surface area (Å²) in [6.07, 6.45) is 3.63. The maximum atomic E-state index is 12.9. The summed E-state index contributed by atoms with van der Waals surface area (Å²) in [5.74, 6) is -0.173. The highest BCUT2D eigenvalue weighted by molar-refractivity contribution is 7.91. The highest BCUT2D eigenvalue weighted by Gasteiger charge is 2.34. The molecule has 1 amide bonds. The highest BCUT2D eigenvalue weighted by Crippen LogP contribution is 2.26. The van der Waals surface area contributed by atoms with Gasteiger partial charge in [-0.25, -0.2) is 8.42 Å². The van der Waals surface area contributed by atoms with Gasteiger partial charge < -0.3 is 4.90 Å². The van der Waals surface area contributed by atoms with E-state index in [1.165, 1.54) is 6.08 Å². The second-order valence-electron chi connectivity index (χ2n) is 6.50. The van der Waals surface area contributed by atoms with Gasteiger partial charge in [0.1, 0.15) is 0 Å². The van der Waals surface area contributed by atoms with E-state index in [9.17, 15) is 13.2 Å². The molecule has 0 aliphatic carbocycles. The van der Waals surface area contributed by atoms with Crippen molar-refractivity contribution < 1.29 is 13.2 Å². The van der Waals surface area contributed by atoms with Crippen molar-refractivity contribution in [2.45, 2.75) is 19.0 Å². The quantitative estimate of drug-likeness (QED) is 0.676. The van der Waals surface area contributed by atoms with Crippen LogP contribution in [0.15, 0.2) is 54.6 Å². The lowest BCUT2D eigenvalue weighted by atomic mass is 10.1. The minimum absolute atomic E-state index is 0.0247. The van der Waals surface area contributed by atoms with E-state index in [-0.39, 0.29) is 30.0 Å². The smallest absolute Gasteiger partial charge is 0.247 e. The summed E-state index contributed by atoms with van der Waals surface area (Å²) in [7, 11) is -3.12. The molecular weight excluding hydrogens is 405 g/mol. The molecule has 0 saturated carbocycles. The maximum Gasteiger partial charge on any atom is 0.247 e. The number of rotatable bonds is 5. The van der Waals surface area contributed by atoms with Gasteiger partial charge in [-0.2, -0.15) is 0 Å². The molecule has 4 nitrogen and oxygen atoms in total. The van der Waals surface area contributed by atoms with Gasteiger partial charge >= 0.3 is 0 Å². The molecule has 7 heteroatoms. The number of nitrogens with zero attached hydrogens (tertiary/aromatic N) is 1. The fraction of sp³-hybridized carbons (Fsp3) is 0.250. The van der Waals surface area contributed by atoms with Crippen LogP contribution in [0.5, 0.6) is 0 Å². The Hall–Kier alpha value is -1.82. The van der Waals surface area contributed by atoms with E-state index in [4.69, 9.17) is 23.2 Å². The second-order valence-corrected chi connectivity index (χ2v) is 9.58. The first-order chi connectivity index (χ1) is 12.8. The van der Waals surface area contributed by atoms with E-state index in [1.54, 1.807) is 29.2 Å². The molecule has 3 rings (SSSR count). The summed E-state index contributed by atoms with van der Waals surface area (Å²) in [5.41, 5.74) is 1.63. The number of halogens is 2. The zero-order chi connectivity index (χ0) is 19.4. The average Bonchev–Trinajstić information content (AvgIpc) is 2.99. The van der Waals surface area contributed by atoms with Crippen LogP contribution in [-0.4, -0.2) is 36.8 Å². The normalized spacial score (nSPS) is 18.7. The lowest BCUT2D eigenvalue weighted by Gasteiger charge is -2.27. The first kappa shape index (κ1) is 19.9. The first-order valence-electron chi connectivity index (χ1n) is 8.52. The van der Waals surface area contributed by atoms with Crippen molar-refractivity contribution in [1.29, 1.82) is 0 Å². The molecule has 142 valence electrons. The van der Waals surface area contributed by atoms with Gasteiger partial charge in [-0.1, -0.05) is 59.6 Å². The summed E-state index contributed by atoms with van der Waals surface area (Å²) < 4.78 is 23.8. The predicted octanol–water partition coefficient (Wildman–Crippen LogP) is 4.22. The molecule has 0 unspecified atom stereocenters. The Morgan fingerprint density at radius 3 is 2.52 bits per heavy atom. The van der Waals surface area contributed by atoms with Gasteiger partial charge in [0.05, 0.1) is 11.5 Å². The van der Waals surface area contributed by atoms with Crippen LogP contribution in [0, 0.1) is 0 Å². The lowest BCUT2D eigenvalue weighted by Crippen LogP contribution is -2.39. The Kier molecular flexibility index (Phi) is 6.25. The molecule has 1 aliphatic rings. The van der Waals surface area contributed by atoms with E-state index < -0.39 is 9.84 Å². The molecule has 0 bridgehead atoms. The van der Waals surface area contributed by atoms with Gasteiger partial charge in [0.25, 0.3) is 0 Å². The van der Waals surface area contributed by atoms with Gasteiger partial charge in [-0.15, -0.1) is 0 Å². The number of carbonyl (C=O) groups is 1. The molecule has 0 N–H and O–H groups in total. The van der Waals surface area contributed by atoms with Crippen molar-refractivity contribution in [3.8, 4) is 0 Å². The minimum Gasteiger partial charge on any atom is -0.331 e. The fourth-order valence-corrected chi connectivity index (χ4v) is 5.27. The maximum absolute atomic E-state index is 12.9. The van der Waals surface area contributed by atoms with Gasteiger partial charge in [0.2, 0.25) is 5.91 Å². The summed E-state index contributed by atoms with van der Waals surface area (Å²) in [6.45, 7) is 0.230. The molecule has 2 aromatic rings. The van der Waals surface area contributed by atoms with Crippen molar-refractivity contribution in [1.82, 2.24) is 4.90 Å². The van der Waals surface area contributed by atoms with E-state index in [2.05, 4.69) is 0 Å². The standard InChI is InChI=1S/C20H19Cl2NO3S/c21-17-8-7-16(19(22)12-17)13-23(18-10-11-27(25,26)14-18)20(24)9-6-15-4-2-1-3-5-15/h1-9,12,18H,10-11,13-14H2/b9-6+/t18-/m0/s1. The molecule has 1 atom stereocenters. The summed E-state index contributed by atoms with van der Waals surface area (Å²) in [5, 5.41) is 0.960. The van der Waals surface area contributed by atoms with Crippen LogP contribution in [-0.2, 0) is 21.2 Å². The molecule has 0 spiro atoms. The highest BCUT2D eigenvalue weighted by atomic mass is 35.5. The van der Waals surface area contributed by atoms with Crippen molar-refractivity contribution in [2.75, 3.05) is 11.5 Å². The van der Waals surface area contributed by atoms with E-state index >= 15 is 0 Å². The zero-order valence-corrected chi connectivity index (χ0v) is 16.8. The Balaban J connectivity index is 1.85. The molecule has 1 fully saturated rings. The van der Waals surface area contributed by atoms with Crippen molar-refractivity contribution in [3.63, 3.8) is 0 Å². The molecule has 0 aromatic heterocycles. The molecule has 27 heavy (non-hydrogen) atoms. The SMILES string of the molecule is O=C(/C=C/c1ccccc1)N(Cc1ccc(Cl)cc1Cl)[C@H]1CCS(=O)(=O)C1. The molecular formula is C20H19Cl2NO3S. The van der Waals surface area contributed by atoms with Crippen LogP contribution in [0.3, 0.4) is 0 Å². The van der Waals surface area contributed by atoms with Gasteiger partial charge in [-0.3, -0.25) is 4.79 Å². The number of hydrogen-bond donors (Lipinski definition) is 0. The van der Waals surface area contributed by atoms with Crippen LogP contribution < -0.4 is 0 Å². The number of amides is 1. The number of carbonyl (C=O) groups excluding carboxylic acids is 1. The minimum atomic E-state index is -3.12. The largest absolute Gasteiger partial charge is 0.331 e. The average molecular weight is 424 g/mol. The van der Waals surface area contributed by atoms with Crippen molar-refractivity contribution in [3.05, 3.63) is 75.8 Å². The summed E-state index contributed by atoms with van der Waals surface area (Å²) >= 11 is 12.2. The summed E-state index contributed by atoms with van der Waals surface area (Å²) in [4.78, 5) is 14.5. The molecule has 2 aromatic carbocycles. The third kappa shape index (κ3) is 5.34. The zero-order valence-electron chi connectivity index (χ0n) is 14.5. The van der Waals surface area contributed by atoms with Crippen LogP contribution in [0.1, 0.15) is 17.5 Å². The molecule has 1 saturated heterocycles. The Morgan fingerprint density at radius 2 is 1.89 bits per heavy atom. The summed E-state index contributed by atoms with van der Waals surface area (Å²) in [6, 6.07) is 14.2. The topological polar surface area (TPSA) is 54.5 Å². The lowest BCUT2D eigenvalue weighted by molar-refractivity contribution is -0.128. The molecule has 1 heterocycles. The van der Waals surface area contributed by atoms with Crippen LogP contribution in [0.4, 0.5) is 0 Å². The van der Waals surface area contributed by atoms with Crippen LogP contribution in [0.25, 0.3) is 6.08 Å². The van der Waals surface area contributed by atoms with E-state index in [0.717, 1.165) is 11.1 Å². The van der Waals surface area contributed by atoms with Gasteiger partial charge in [-0.05, 0) is 35.8 Å². The first-order valence-corrected chi connectivity index (χ1v) is 11.1. The van der Waals surface area contributed by atoms with Crippen molar-refractivity contribution >= 4 is 45.0 Å². The Labute approximate surface area is 169 Å². The van der Waals surface area contributed by atoms with Gasteiger partial charge in [0, 0.05) is 28.7 Å².